The van der Waals surface area contributed by atoms with Gasteiger partial charge in [0, 0.05) is 25.5 Å². The first-order valence-electron chi connectivity index (χ1n) is 8.00. The summed E-state index contributed by atoms with van der Waals surface area (Å²) in [6.07, 6.45) is 4.10. The standard InChI is InChI=1S/C18H24N4O2/c1-14-10-15(2)21-16(11-14)13-22(3)18(23)20-8-5-9-24-17-6-4-7-19-12-17/h4,6-7,10-12H,5,8-9,13H2,1-3H3,(H,20,23). The number of nitrogens with one attached hydrogen (secondary N) is 1. The van der Waals surface area contributed by atoms with Crippen molar-refractivity contribution in [2.75, 3.05) is 20.2 Å². The van der Waals surface area contributed by atoms with E-state index in [4.69, 9.17) is 4.74 Å². The van der Waals surface area contributed by atoms with Crippen molar-refractivity contribution in [3.8, 4) is 5.75 Å². The molecule has 0 bridgehead atoms. The zero-order valence-electron chi connectivity index (χ0n) is 14.5. The van der Waals surface area contributed by atoms with E-state index in [2.05, 4.69) is 15.3 Å². The van der Waals surface area contributed by atoms with Gasteiger partial charge >= 0.3 is 6.03 Å². The fourth-order valence-electron chi connectivity index (χ4n) is 2.35. The van der Waals surface area contributed by atoms with Gasteiger partial charge in [0.05, 0.1) is 25.0 Å². The quantitative estimate of drug-likeness (QED) is 0.794. The van der Waals surface area contributed by atoms with E-state index in [1.54, 1.807) is 24.3 Å². The van der Waals surface area contributed by atoms with Crippen LogP contribution in [0, 0.1) is 13.8 Å². The molecule has 0 aliphatic carbocycles. The van der Waals surface area contributed by atoms with Crippen LogP contribution in [-0.2, 0) is 6.54 Å². The highest BCUT2D eigenvalue weighted by molar-refractivity contribution is 5.73. The molecule has 6 heteroatoms. The zero-order chi connectivity index (χ0) is 17.4. The molecule has 2 aromatic heterocycles. The molecule has 0 aliphatic rings. The molecule has 0 fully saturated rings. The van der Waals surface area contributed by atoms with Gasteiger partial charge in [-0.3, -0.25) is 9.97 Å². The Morgan fingerprint density at radius 1 is 1.33 bits per heavy atom. The van der Waals surface area contributed by atoms with Crippen LogP contribution in [0.2, 0.25) is 0 Å². The van der Waals surface area contributed by atoms with E-state index < -0.39 is 0 Å². The van der Waals surface area contributed by atoms with Crippen molar-refractivity contribution < 1.29 is 9.53 Å². The van der Waals surface area contributed by atoms with Crippen molar-refractivity contribution in [3.05, 3.63) is 53.6 Å². The summed E-state index contributed by atoms with van der Waals surface area (Å²) in [5, 5.41) is 2.88. The van der Waals surface area contributed by atoms with Crippen molar-refractivity contribution in [1.29, 1.82) is 0 Å². The molecule has 0 aliphatic heterocycles. The highest BCUT2D eigenvalue weighted by atomic mass is 16.5. The van der Waals surface area contributed by atoms with E-state index in [1.165, 1.54) is 0 Å². The van der Waals surface area contributed by atoms with Crippen LogP contribution in [-0.4, -0.2) is 41.1 Å². The smallest absolute Gasteiger partial charge is 0.317 e. The molecule has 24 heavy (non-hydrogen) atoms. The summed E-state index contributed by atoms with van der Waals surface area (Å²) in [6.45, 7) is 5.57. The zero-order valence-corrected chi connectivity index (χ0v) is 14.5. The van der Waals surface area contributed by atoms with E-state index in [-0.39, 0.29) is 6.03 Å². The normalized spacial score (nSPS) is 10.3. The highest BCUT2D eigenvalue weighted by Crippen LogP contribution is 2.07. The lowest BCUT2D eigenvalue weighted by Crippen LogP contribution is -2.37. The van der Waals surface area contributed by atoms with Gasteiger partial charge < -0.3 is 15.0 Å². The SMILES string of the molecule is Cc1cc(C)nc(CN(C)C(=O)NCCCOc2cccnc2)c1. The molecular formula is C18H24N4O2. The Morgan fingerprint density at radius 3 is 2.88 bits per heavy atom. The summed E-state index contributed by atoms with van der Waals surface area (Å²) in [6, 6.07) is 7.59. The first-order chi connectivity index (χ1) is 11.5. The minimum atomic E-state index is -0.114. The molecule has 1 N–H and O–H groups in total. The number of pyridine rings is 2. The Balaban J connectivity index is 1.68. The third kappa shape index (κ3) is 5.87. The van der Waals surface area contributed by atoms with E-state index in [0.717, 1.165) is 29.1 Å². The molecule has 0 atom stereocenters. The Bertz CT molecular complexity index is 641. The molecule has 6 nitrogen and oxygen atoms in total. The number of hydrogen-bond donors (Lipinski definition) is 1. The average molecular weight is 328 g/mol. The number of carbonyl (C=O) groups is 1. The summed E-state index contributed by atoms with van der Waals surface area (Å²) in [5.41, 5.74) is 3.01. The second-order valence-electron chi connectivity index (χ2n) is 5.76. The van der Waals surface area contributed by atoms with Crippen LogP contribution in [0.4, 0.5) is 4.79 Å². The number of hydrogen-bond acceptors (Lipinski definition) is 4. The lowest BCUT2D eigenvalue weighted by atomic mass is 10.2. The molecule has 2 aromatic rings. The summed E-state index contributed by atoms with van der Waals surface area (Å²) >= 11 is 0. The second kappa shape index (κ2) is 8.86. The van der Waals surface area contributed by atoms with Gasteiger partial charge in [0.1, 0.15) is 5.75 Å². The molecule has 0 radical (unpaired) electrons. The van der Waals surface area contributed by atoms with E-state index in [1.807, 2.05) is 38.1 Å². The number of urea groups is 1. The van der Waals surface area contributed by atoms with Gasteiger partial charge in [-0.15, -0.1) is 0 Å². The maximum atomic E-state index is 12.1. The maximum absolute atomic E-state index is 12.1. The van der Waals surface area contributed by atoms with Gasteiger partial charge in [0.15, 0.2) is 0 Å². The minimum absolute atomic E-state index is 0.114. The van der Waals surface area contributed by atoms with Crippen LogP contribution in [0.1, 0.15) is 23.4 Å². The van der Waals surface area contributed by atoms with Crippen LogP contribution in [0.25, 0.3) is 0 Å². The molecule has 0 aromatic carbocycles. The van der Waals surface area contributed by atoms with Crippen molar-refractivity contribution in [2.45, 2.75) is 26.8 Å². The average Bonchev–Trinajstić information content (AvgIpc) is 2.54. The Labute approximate surface area is 142 Å². The van der Waals surface area contributed by atoms with E-state index >= 15 is 0 Å². The molecule has 0 saturated carbocycles. The third-order valence-electron chi connectivity index (χ3n) is 3.40. The summed E-state index contributed by atoms with van der Waals surface area (Å²) in [7, 11) is 1.76. The molecule has 0 saturated heterocycles. The fourth-order valence-corrected chi connectivity index (χ4v) is 2.35. The molecule has 0 unspecified atom stereocenters. The molecule has 128 valence electrons. The number of aryl methyl sites for hydroxylation is 2. The largest absolute Gasteiger partial charge is 0.492 e. The van der Waals surface area contributed by atoms with Gasteiger partial charge in [-0.2, -0.15) is 0 Å². The predicted molar refractivity (Wildman–Crippen MR) is 92.9 cm³/mol. The van der Waals surface area contributed by atoms with Crippen molar-refractivity contribution in [2.24, 2.45) is 0 Å². The molecule has 2 heterocycles. The van der Waals surface area contributed by atoms with Crippen molar-refractivity contribution in [3.63, 3.8) is 0 Å². The highest BCUT2D eigenvalue weighted by Gasteiger charge is 2.09. The lowest BCUT2D eigenvalue weighted by molar-refractivity contribution is 0.205. The Morgan fingerprint density at radius 2 is 2.17 bits per heavy atom. The number of aromatic nitrogens is 2. The Hall–Kier alpha value is -2.63. The van der Waals surface area contributed by atoms with Crippen molar-refractivity contribution >= 4 is 6.03 Å². The fraction of sp³-hybridized carbons (Fsp3) is 0.389. The molecular weight excluding hydrogens is 304 g/mol. The van der Waals surface area contributed by atoms with Gasteiger partial charge in [-0.05, 0) is 50.1 Å². The summed E-state index contributed by atoms with van der Waals surface area (Å²) in [5.74, 6) is 0.738. The van der Waals surface area contributed by atoms with Gasteiger partial charge in [0.25, 0.3) is 0 Å². The van der Waals surface area contributed by atoms with Crippen LogP contribution in [0.15, 0.2) is 36.7 Å². The van der Waals surface area contributed by atoms with Crippen LogP contribution >= 0.6 is 0 Å². The van der Waals surface area contributed by atoms with Gasteiger partial charge in [-0.25, -0.2) is 4.79 Å². The van der Waals surface area contributed by atoms with E-state index in [0.29, 0.717) is 19.7 Å². The van der Waals surface area contributed by atoms with Gasteiger partial charge in [0.2, 0.25) is 0 Å². The Kier molecular flexibility index (Phi) is 6.54. The minimum Gasteiger partial charge on any atom is -0.492 e. The van der Waals surface area contributed by atoms with Gasteiger partial charge in [-0.1, -0.05) is 0 Å². The number of carbonyl (C=O) groups excluding carboxylic acids is 1. The molecule has 0 spiro atoms. The maximum Gasteiger partial charge on any atom is 0.317 e. The topological polar surface area (TPSA) is 67.4 Å². The second-order valence-corrected chi connectivity index (χ2v) is 5.76. The van der Waals surface area contributed by atoms with E-state index in [9.17, 15) is 4.79 Å². The number of nitrogens with zero attached hydrogens (tertiary/aromatic N) is 3. The summed E-state index contributed by atoms with van der Waals surface area (Å²) in [4.78, 5) is 22.1. The predicted octanol–water partition coefficient (Wildman–Crippen LogP) is 2.70. The van der Waals surface area contributed by atoms with Crippen LogP contribution in [0.3, 0.4) is 0 Å². The summed E-state index contributed by atoms with van der Waals surface area (Å²) < 4.78 is 5.53. The van der Waals surface area contributed by atoms with Crippen molar-refractivity contribution in [1.82, 2.24) is 20.2 Å². The lowest BCUT2D eigenvalue weighted by Gasteiger charge is -2.18. The number of amides is 2. The third-order valence-corrected chi connectivity index (χ3v) is 3.40. The number of rotatable bonds is 7. The molecule has 2 amide bonds. The van der Waals surface area contributed by atoms with Crippen LogP contribution < -0.4 is 10.1 Å². The number of ether oxygens (including phenoxy) is 1. The monoisotopic (exact) mass is 328 g/mol. The first-order valence-corrected chi connectivity index (χ1v) is 8.00. The molecule has 2 rings (SSSR count). The van der Waals surface area contributed by atoms with Crippen LogP contribution in [0.5, 0.6) is 5.75 Å². The first kappa shape index (κ1) is 17.7.